The highest BCUT2D eigenvalue weighted by Gasteiger charge is 2.30. The molecule has 38 heavy (non-hydrogen) atoms. The number of halogens is 1. The largest absolute Gasteiger partial charge is 0.495 e. The summed E-state index contributed by atoms with van der Waals surface area (Å²) in [5, 5.41) is 3.04. The van der Waals surface area contributed by atoms with Crippen molar-refractivity contribution in [1.82, 2.24) is 4.31 Å². The maximum Gasteiger partial charge on any atom is 0.264 e. The standard InChI is InChI=1S/C26H28ClN3O6S2/c1-19-5-11-22(12-6-19)38(34,35)30(21-9-7-20(27)8-10-21)18-26(31)28-24-17-23(13-14-25(24)36-2)37(32,33)29-15-3-4-16-29/h5-14,17H,3-4,15-16,18H2,1-2H3,(H,28,31). The average Bonchev–Trinajstić information content (AvgIpc) is 3.44. The van der Waals surface area contributed by atoms with Crippen LogP contribution in [0.5, 0.6) is 5.75 Å². The Morgan fingerprint density at radius 2 is 1.55 bits per heavy atom. The van der Waals surface area contributed by atoms with Gasteiger partial charge in [0.15, 0.2) is 0 Å². The van der Waals surface area contributed by atoms with Crippen molar-refractivity contribution in [3.63, 3.8) is 0 Å². The number of nitrogens with one attached hydrogen (secondary N) is 1. The van der Waals surface area contributed by atoms with Crippen LogP contribution < -0.4 is 14.4 Å². The van der Waals surface area contributed by atoms with Crippen LogP contribution in [0.1, 0.15) is 18.4 Å². The molecule has 0 bridgehead atoms. The Bertz CT molecular complexity index is 1520. The summed E-state index contributed by atoms with van der Waals surface area (Å²) in [5.41, 5.74) is 1.24. The highest BCUT2D eigenvalue weighted by atomic mass is 35.5. The van der Waals surface area contributed by atoms with Crippen LogP contribution in [0.3, 0.4) is 0 Å². The summed E-state index contributed by atoms with van der Waals surface area (Å²) in [6, 6.07) is 16.6. The molecule has 1 aliphatic heterocycles. The van der Waals surface area contributed by atoms with E-state index in [0.29, 0.717) is 18.1 Å². The Balaban J connectivity index is 1.65. The number of benzene rings is 3. The van der Waals surface area contributed by atoms with Crippen LogP contribution in [-0.2, 0) is 24.8 Å². The first-order chi connectivity index (χ1) is 18.0. The van der Waals surface area contributed by atoms with E-state index in [1.165, 1.54) is 66.0 Å². The van der Waals surface area contributed by atoms with Gasteiger partial charge in [0.05, 0.1) is 28.3 Å². The number of anilines is 2. The highest BCUT2D eigenvalue weighted by Crippen LogP contribution is 2.31. The Hall–Kier alpha value is -3.12. The fourth-order valence-electron chi connectivity index (χ4n) is 4.10. The molecular weight excluding hydrogens is 550 g/mol. The van der Waals surface area contributed by atoms with Gasteiger partial charge in [-0.1, -0.05) is 29.3 Å². The van der Waals surface area contributed by atoms with E-state index in [-0.39, 0.29) is 26.9 Å². The molecule has 0 spiro atoms. The van der Waals surface area contributed by atoms with Gasteiger partial charge in [-0.25, -0.2) is 16.8 Å². The molecule has 0 atom stereocenters. The number of hydrogen-bond donors (Lipinski definition) is 1. The lowest BCUT2D eigenvalue weighted by molar-refractivity contribution is -0.114. The van der Waals surface area contributed by atoms with Crippen LogP contribution in [0.2, 0.25) is 5.02 Å². The summed E-state index contributed by atoms with van der Waals surface area (Å²) < 4.78 is 60.9. The maximum atomic E-state index is 13.6. The molecule has 1 amide bonds. The van der Waals surface area contributed by atoms with Crippen molar-refractivity contribution in [3.05, 3.63) is 77.3 Å². The van der Waals surface area contributed by atoms with E-state index in [9.17, 15) is 21.6 Å². The van der Waals surface area contributed by atoms with E-state index < -0.39 is 32.5 Å². The Kier molecular flexibility index (Phi) is 8.31. The normalized spacial score (nSPS) is 14.3. The molecule has 1 fully saturated rings. The molecule has 9 nitrogen and oxygen atoms in total. The van der Waals surface area contributed by atoms with Crippen molar-refractivity contribution in [2.45, 2.75) is 29.6 Å². The zero-order valence-corrected chi connectivity index (χ0v) is 23.3. The van der Waals surface area contributed by atoms with E-state index in [4.69, 9.17) is 16.3 Å². The van der Waals surface area contributed by atoms with Crippen LogP contribution in [0, 0.1) is 6.92 Å². The molecule has 1 N–H and O–H groups in total. The quantitative estimate of drug-likeness (QED) is 0.406. The van der Waals surface area contributed by atoms with Gasteiger partial charge in [0.1, 0.15) is 12.3 Å². The minimum absolute atomic E-state index is 0.0114. The summed E-state index contributed by atoms with van der Waals surface area (Å²) in [5.74, 6) is -0.456. The second-order valence-corrected chi connectivity index (χ2v) is 13.1. The fraction of sp³-hybridized carbons (Fsp3) is 0.269. The molecule has 1 saturated heterocycles. The molecular formula is C26H28ClN3O6S2. The number of carbonyl (C=O) groups is 1. The lowest BCUT2D eigenvalue weighted by Gasteiger charge is -2.24. The van der Waals surface area contributed by atoms with Gasteiger partial charge in [0.25, 0.3) is 10.0 Å². The predicted molar refractivity (Wildman–Crippen MR) is 147 cm³/mol. The van der Waals surface area contributed by atoms with Gasteiger partial charge < -0.3 is 10.1 Å². The molecule has 3 aromatic rings. The number of rotatable bonds is 9. The Labute approximate surface area is 228 Å². The first-order valence-corrected chi connectivity index (χ1v) is 15.1. The van der Waals surface area contributed by atoms with Crippen molar-refractivity contribution in [3.8, 4) is 5.75 Å². The van der Waals surface area contributed by atoms with E-state index in [1.54, 1.807) is 12.1 Å². The van der Waals surface area contributed by atoms with Crippen LogP contribution in [0.15, 0.2) is 76.5 Å². The molecule has 0 aromatic heterocycles. The van der Waals surface area contributed by atoms with Crippen molar-refractivity contribution >= 4 is 48.9 Å². The topological polar surface area (TPSA) is 113 Å². The molecule has 202 valence electrons. The maximum absolute atomic E-state index is 13.6. The summed E-state index contributed by atoms with van der Waals surface area (Å²) in [4.78, 5) is 13.2. The number of hydrogen-bond acceptors (Lipinski definition) is 6. The first kappa shape index (κ1) is 27.9. The number of sulfonamides is 2. The van der Waals surface area contributed by atoms with E-state index >= 15 is 0 Å². The molecule has 0 saturated carbocycles. The lowest BCUT2D eigenvalue weighted by atomic mass is 10.2. The third-order valence-electron chi connectivity index (χ3n) is 6.16. The van der Waals surface area contributed by atoms with Crippen LogP contribution >= 0.6 is 11.6 Å². The second-order valence-electron chi connectivity index (χ2n) is 8.82. The Morgan fingerprint density at radius 3 is 2.16 bits per heavy atom. The van der Waals surface area contributed by atoms with Gasteiger partial charge in [0.2, 0.25) is 15.9 Å². The predicted octanol–water partition coefficient (Wildman–Crippen LogP) is 4.28. The lowest BCUT2D eigenvalue weighted by Crippen LogP contribution is -2.38. The molecule has 1 aliphatic rings. The first-order valence-electron chi connectivity index (χ1n) is 11.9. The number of aryl methyl sites for hydroxylation is 1. The SMILES string of the molecule is COc1ccc(S(=O)(=O)N2CCCC2)cc1NC(=O)CN(c1ccc(Cl)cc1)S(=O)(=O)c1ccc(C)cc1. The molecule has 0 radical (unpaired) electrons. The molecule has 0 aliphatic carbocycles. The minimum Gasteiger partial charge on any atom is -0.495 e. The van der Waals surface area contributed by atoms with Crippen LogP contribution in [0.25, 0.3) is 0 Å². The third-order valence-corrected chi connectivity index (χ3v) is 10.1. The summed E-state index contributed by atoms with van der Waals surface area (Å²) >= 11 is 6.00. The second kappa shape index (κ2) is 11.3. The van der Waals surface area contributed by atoms with Gasteiger partial charge in [-0.2, -0.15) is 4.31 Å². The van der Waals surface area contributed by atoms with Gasteiger partial charge in [-0.15, -0.1) is 0 Å². The third kappa shape index (κ3) is 5.96. The Morgan fingerprint density at radius 1 is 0.947 bits per heavy atom. The van der Waals surface area contributed by atoms with Gasteiger partial charge >= 0.3 is 0 Å². The highest BCUT2D eigenvalue weighted by molar-refractivity contribution is 7.92. The van der Waals surface area contributed by atoms with Crippen molar-refractivity contribution in [2.75, 3.05) is 36.4 Å². The monoisotopic (exact) mass is 577 g/mol. The molecule has 1 heterocycles. The minimum atomic E-state index is -4.13. The van der Waals surface area contributed by atoms with E-state index in [2.05, 4.69) is 5.32 Å². The van der Waals surface area contributed by atoms with Crippen LogP contribution in [-0.4, -0.2) is 53.8 Å². The van der Waals surface area contributed by atoms with Gasteiger partial charge in [-0.05, 0) is 74.4 Å². The van der Waals surface area contributed by atoms with Crippen molar-refractivity contribution in [2.24, 2.45) is 0 Å². The molecule has 12 heteroatoms. The molecule has 4 rings (SSSR count). The zero-order valence-electron chi connectivity index (χ0n) is 20.9. The van der Waals surface area contributed by atoms with Crippen molar-refractivity contribution in [1.29, 1.82) is 0 Å². The van der Waals surface area contributed by atoms with Crippen LogP contribution in [0.4, 0.5) is 11.4 Å². The summed E-state index contributed by atoms with van der Waals surface area (Å²) in [6.07, 6.45) is 1.57. The number of ether oxygens (including phenoxy) is 1. The van der Waals surface area contributed by atoms with E-state index in [1.807, 2.05) is 6.92 Å². The number of amides is 1. The smallest absolute Gasteiger partial charge is 0.264 e. The van der Waals surface area contributed by atoms with E-state index in [0.717, 1.165) is 22.7 Å². The average molecular weight is 578 g/mol. The molecule has 3 aromatic carbocycles. The van der Waals surface area contributed by atoms with Crippen molar-refractivity contribution < 1.29 is 26.4 Å². The number of carbonyl (C=O) groups excluding carboxylic acids is 1. The van der Waals surface area contributed by atoms with Gasteiger partial charge in [-0.3, -0.25) is 9.10 Å². The zero-order chi connectivity index (χ0) is 27.5. The fourth-order valence-corrected chi connectivity index (χ4v) is 7.19. The number of methoxy groups -OCH3 is 1. The van der Waals surface area contributed by atoms with Gasteiger partial charge in [0, 0.05) is 18.1 Å². The summed E-state index contributed by atoms with van der Waals surface area (Å²) in [7, 11) is -6.49. The number of nitrogens with zero attached hydrogens (tertiary/aromatic N) is 2. The summed E-state index contributed by atoms with van der Waals surface area (Å²) in [6.45, 7) is 2.13. The molecule has 0 unspecified atom stereocenters.